The summed E-state index contributed by atoms with van der Waals surface area (Å²) < 4.78 is 4.56. The van der Waals surface area contributed by atoms with E-state index in [4.69, 9.17) is 0 Å². The highest BCUT2D eigenvalue weighted by molar-refractivity contribution is 14.0. The molecular weight excluding hydrogens is 345 g/mol. The molecule has 0 unspecified atom stereocenters. The van der Waals surface area contributed by atoms with E-state index >= 15 is 0 Å². The van der Waals surface area contributed by atoms with Crippen molar-refractivity contribution in [2.24, 2.45) is 10.9 Å². The van der Waals surface area contributed by atoms with E-state index < -0.39 is 0 Å². The van der Waals surface area contributed by atoms with Gasteiger partial charge < -0.3 is 15.4 Å². The summed E-state index contributed by atoms with van der Waals surface area (Å²) >= 11 is 0. The highest BCUT2D eigenvalue weighted by Gasteiger charge is 2.05. The maximum absolute atomic E-state index is 10.9. The van der Waals surface area contributed by atoms with Gasteiger partial charge in [-0.1, -0.05) is 26.7 Å². The van der Waals surface area contributed by atoms with Crippen LogP contribution >= 0.6 is 24.0 Å². The number of methoxy groups -OCH3 is 1. The number of esters is 1. The van der Waals surface area contributed by atoms with Gasteiger partial charge in [0.15, 0.2) is 5.96 Å². The molecule has 0 radical (unpaired) electrons. The maximum atomic E-state index is 10.9. The monoisotopic (exact) mass is 371 g/mol. The standard InChI is InChI=1S/C12H25N3O2.HI/c1-5-10(6-2)9-15-12(13-3)14-8-7-11(16)17-4;/h10H,5-9H2,1-4H3,(H2,13,14,15);1H. The van der Waals surface area contributed by atoms with Crippen molar-refractivity contribution < 1.29 is 9.53 Å². The summed E-state index contributed by atoms with van der Waals surface area (Å²) in [4.78, 5) is 15.0. The van der Waals surface area contributed by atoms with Gasteiger partial charge in [-0.3, -0.25) is 9.79 Å². The Labute approximate surface area is 127 Å². The molecule has 0 aliphatic carbocycles. The number of carbonyl (C=O) groups excluding carboxylic acids is 1. The fourth-order valence-corrected chi connectivity index (χ4v) is 1.42. The Balaban J connectivity index is 0. The largest absolute Gasteiger partial charge is 0.469 e. The van der Waals surface area contributed by atoms with Gasteiger partial charge in [0, 0.05) is 20.1 Å². The highest BCUT2D eigenvalue weighted by Crippen LogP contribution is 2.04. The molecule has 0 bridgehead atoms. The molecule has 0 fully saturated rings. The Morgan fingerprint density at radius 3 is 2.33 bits per heavy atom. The third-order valence-electron chi connectivity index (χ3n) is 2.79. The Morgan fingerprint density at radius 2 is 1.89 bits per heavy atom. The van der Waals surface area contributed by atoms with Crippen molar-refractivity contribution >= 4 is 35.9 Å². The fourth-order valence-electron chi connectivity index (χ4n) is 1.42. The van der Waals surface area contributed by atoms with E-state index in [1.807, 2.05) is 0 Å². The minimum atomic E-state index is -0.215. The van der Waals surface area contributed by atoms with E-state index in [9.17, 15) is 4.79 Å². The van der Waals surface area contributed by atoms with Gasteiger partial charge in [0.25, 0.3) is 0 Å². The lowest BCUT2D eigenvalue weighted by Crippen LogP contribution is -2.40. The molecule has 0 atom stereocenters. The van der Waals surface area contributed by atoms with Crippen molar-refractivity contribution in [1.82, 2.24) is 10.6 Å². The van der Waals surface area contributed by atoms with E-state index in [2.05, 4.69) is 34.2 Å². The fraction of sp³-hybridized carbons (Fsp3) is 0.833. The number of carbonyl (C=O) groups is 1. The molecule has 0 saturated heterocycles. The zero-order valence-corrected chi connectivity index (χ0v) is 14.1. The number of guanidine groups is 1. The molecule has 0 spiro atoms. The van der Waals surface area contributed by atoms with Crippen LogP contribution < -0.4 is 10.6 Å². The maximum Gasteiger partial charge on any atom is 0.307 e. The second kappa shape index (κ2) is 12.9. The third kappa shape index (κ3) is 9.49. The molecule has 0 heterocycles. The first-order chi connectivity index (χ1) is 8.17. The minimum absolute atomic E-state index is 0. The molecule has 0 aromatic rings. The molecule has 0 aliphatic heterocycles. The number of rotatable bonds is 7. The molecule has 2 N–H and O–H groups in total. The highest BCUT2D eigenvalue weighted by atomic mass is 127. The van der Waals surface area contributed by atoms with Gasteiger partial charge in [0.05, 0.1) is 13.5 Å². The van der Waals surface area contributed by atoms with Crippen LogP contribution in [0.3, 0.4) is 0 Å². The van der Waals surface area contributed by atoms with Crippen molar-refractivity contribution in [2.75, 3.05) is 27.2 Å². The predicted molar refractivity (Wildman–Crippen MR) is 85.5 cm³/mol. The van der Waals surface area contributed by atoms with Gasteiger partial charge in [0.1, 0.15) is 0 Å². The molecule has 108 valence electrons. The number of hydrogen-bond donors (Lipinski definition) is 2. The first kappa shape index (κ1) is 19.8. The van der Waals surface area contributed by atoms with Gasteiger partial charge in [-0.05, 0) is 5.92 Å². The molecule has 0 aliphatic rings. The molecule has 0 amide bonds. The van der Waals surface area contributed by atoms with E-state index in [1.54, 1.807) is 7.05 Å². The van der Waals surface area contributed by atoms with Crippen molar-refractivity contribution in [3.05, 3.63) is 0 Å². The SMILES string of the molecule is CCC(CC)CNC(=NC)NCCC(=O)OC.I. The predicted octanol–water partition coefficient (Wildman–Crippen LogP) is 1.77. The summed E-state index contributed by atoms with van der Waals surface area (Å²) in [7, 11) is 3.11. The van der Waals surface area contributed by atoms with E-state index in [-0.39, 0.29) is 29.9 Å². The second-order valence-corrected chi connectivity index (χ2v) is 3.89. The Morgan fingerprint density at radius 1 is 1.28 bits per heavy atom. The zero-order valence-electron chi connectivity index (χ0n) is 11.8. The van der Waals surface area contributed by atoms with Gasteiger partial charge in [-0.2, -0.15) is 0 Å². The summed E-state index contributed by atoms with van der Waals surface area (Å²) in [5.41, 5.74) is 0. The molecule has 6 heteroatoms. The second-order valence-electron chi connectivity index (χ2n) is 3.89. The number of nitrogens with one attached hydrogen (secondary N) is 2. The average Bonchev–Trinajstić information content (AvgIpc) is 2.37. The number of ether oxygens (including phenoxy) is 1. The number of aliphatic imine (C=N–C) groups is 1. The smallest absolute Gasteiger partial charge is 0.307 e. The van der Waals surface area contributed by atoms with Gasteiger partial charge >= 0.3 is 5.97 Å². The molecule has 0 saturated carbocycles. The average molecular weight is 371 g/mol. The lowest BCUT2D eigenvalue weighted by atomic mass is 10.0. The minimum Gasteiger partial charge on any atom is -0.469 e. The van der Waals surface area contributed by atoms with E-state index in [0.29, 0.717) is 18.9 Å². The van der Waals surface area contributed by atoms with Crippen LogP contribution in [0.25, 0.3) is 0 Å². The summed E-state index contributed by atoms with van der Waals surface area (Å²) in [5.74, 6) is 1.18. The first-order valence-electron chi connectivity index (χ1n) is 6.19. The van der Waals surface area contributed by atoms with Gasteiger partial charge in [-0.25, -0.2) is 0 Å². The van der Waals surface area contributed by atoms with Crippen molar-refractivity contribution in [1.29, 1.82) is 0 Å². The van der Waals surface area contributed by atoms with E-state index in [1.165, 1.54) is 7.11 Å². The quantitative estimate of drug-likeness (QED) is 0.310. The molecule has 0 aromatic carbocycles. The molecular formula is C12H26IN3O2. The summed E-state index contributed by atoms with van der Waals surface area (Å²) in [5, 5.41) is 6.33. The zero-order chi connectivity index (χ0) is 13.1. The third-order valence-corrected chi connectivity index (χ3v) is 2.79. The van der Waals surface area contributed by atoms with Crippen molar-refractivity contribution in [3.63, 3.8) is 0 Å². The van der Waals surface area contributed by atoms with Crippen molar-refractivity contribution in [2.45, 2.75) is 33.1 Å². The van der Waals surface area contributed by atoms with Crippen LogP contribution in [0.2, 0.25) is 0 Å². The first-order valence-corrected chi connectivity index (χ1v) is 6.19. The molecule has 0 aromatic heterocycles. The number of hydrogen-bond acceptors (Lipinski definition) is 3. The molecule has 0 rings (SSSR count). The summed E-state index contributed by atoms with van der Waals surface area (Å²) in [6.45, 7) is 5.81. The van der Waals surface area contributed by atoms with Crippen LogP contribution in [0.4, 0.5) is 0 Å². The Kier molecular flexibility index (Phi) is 14.2. The molecule has 18 heavy (non-hydrogen) atoms. The Bertz CT molecular complexity index is 243. The van der Waals surface area contributed by atoms with Crippen LogP contribution in [-0.4, -0.2) is 39.2 Å². The normalized spacial score (nSPS) is 10.8. The van der Waals surface area contributed by atoms with Crippen LogP contribution in [0.5, 0.6) is 0 Å². The van der Waals surface area contributed by atoms with Gasteiger partial charge in [-0.15, -0.1) is 24.0 Å². The van der Waals surface area contributed by atoms with E-state index in [0.717, 1.165) is 25.3 Å². The summed E-state index contributed by atoms with van der Waals surface area (Å²) in [6, 6.07) is 0. The van der Waals surface area contributed by atoms with Crippen molar-refractivity contribution in [3.8, 4) is 0 Å². The van der Waals surface area contributed by atoms with Crippen LogP contribution in [0.1, 0.15) is 33.1 Å². The van der Waals surface area contributed by atoms with Crippen LogP contribution in [0.15, 0.2) is 4.99 Å². The number of nitrogens with zero attached hydrogens (tertiary/aromatic N) is 1. The topological polar surface area (TPSA) is 62.7 Å². The van der Waals surface area contributed by atoms with Crippen LogP contribution in [-0.2, 0) is 9.53 Å². The lowest BCUT2D eigenvalue weighted by molar-refractivity contribution is -0.140. The van der Waals surface area contributed by atoms with Crippen LogP contribution in [0, 0.1) is 5.92 Å². The number of halogens is 1. The Hall–Kier alpha value is -0.530. The molecule has 5 nitrogen and oxygen atoms in total. The summed E-state index contributed by atoms with van der Waals surface area (Å²) in [6.07, 6.45) is 2.66. The lowest BCUT2D eigenvalue weighted by Gasteiger charge is -2.16. The van der Waals surface area contributed by atoms with Gasteiger partial charge in [0.2, 0.25) is 0 Å².